The average Bonchev–Trinajstić information content (AvgIpc) is 3.00. The van der Waals surface area contributed by atoms with E-state index in [1.165, 1.54) is 11.1 Å². The number of aliphatic imine (C=N–C) groups is 1. The molecule has 0 fully saturated rings. The highest BCUT2D eigenvalue weighted by Gasteiger charge is 2.12. The lowest BCUT2D eigenvalue weighted by Gasteiger charge is -2.11. The Morgan fingerprint density at radius 1 is 1.21 bits per heavy atom. The van der Waals surface area contributed by atoms with E-state index in [0.29, 0.717) is 16.8 Å². The Morgan fingerprint density at radius 2 is 1.97 bits per heavy atom. The van der Waals surface area contributed by atoms with Crippen LogP contribution in [0.3, 0.4) is 0 Å². The summed E-state index contributed by atoms with van der Waals surface area (Å²) in [6, 6.07) is 13.9. The maximum atomic E-state index is 9.47. The van der Waals surface area contributed by atoms with Gasteiger partial charge in [0, 0.05) is 12.1 Å². The first kappa shape index (κ1) is 20.6. The maximum absolute atomic E-state index is 9.47. The van der Waals surface area contributed by atoms with Crippen LogP contribution in [0.2, 0.25) is 0 Å². The molecule has 0 radical (unpaired) electrons. The molecule has 6 nitrogen and oxygen atoms in total. The summed E-state index contributed by atoms with van der Waals surface area (Å²) in [5.74, 6) is 5.72. The first-order valence-electron chi connectivity index (χ1n) is 9.92. The van der Waals surface area contributed by atoms with E-state index in [0.717, 1.165) is 50.1 Å². The number of rotatable bonds is 6. The van der Waals surface area contributed by atoms with E-state index in [9.17, 15) is 5.26 Å². The lowest BCUT2D eigenvalue weighted by atomic mass is 9.99. The van der Waals surface area contributed by atoms with Gasteiger partial charge in [0.1, 0.15) is 6.07 Å². The van der Waals surface area contributed by atoms with Gasteiger partial charge in [0.2, 0.25) is 5.90 Å². The van der Waals surface area contributed by atoms with E-state index >= 15 is 0 Å². The number of anilines is 1. The number of nitriles is 1. The molecule has 1 aliphatic heterocycles. The molecular weight excluding hydrogens is 362 g/mol. The van der Waals surface area contributed by atoms with Crippen LogP contribution in [0, 0.1) is 11.3 Å². The van der Waals surface area contributed by atoms with Crippen LogP contribution >= 0.6 is 0 Å². The first-order chi connectivity index (χ1) is 14.2. The third kappa shape index (κ3) is 5.02. The van der Waals surface area contributed by atoms with Crippen molar-refractivity contribution in [1.82, 2.24) is 5.32 Å². The zero-order chi connectivity index (χ0) is 20.6. The fourth-order valence-electron chi connectivity index (χ4n) is 3.38. The van der Waals surface area contributed by atoms with Crippen LogP contribution in [0.4, 0.5) is 5.69 Å². The molecular formula is C23H27N5O. The van der Waals surface area contributed by atoms with Gasteiger partial charge in [-0.1, -0.05) is 25.6 Å². The molecule has 3 rings (SSSR count). The topological polar surface area (TPSA) is 95.5 Å². The van der Waals surface area contributed by atoms with Crippen molar-refractivity contribution in [2.24, 2.45) is 10.9 Å². The molecule has 2 aromatic rings. The molecule has 0 saturated carbocycles. The molecule has 0 atom stereocenters. The van der Waals surface area contributed by atoms with E-state index in [1.807, 2.05) is 18.2 Å². The Balaban J connectivity index is 1.87. The SMILES string of the molecule is C=C(/N=C(\ON)c1ccc(NCCC)c(C#N)c1)c1ccc2c(c1)CCNCC2. The molecule has 0 saturated heterocycles. The monoisotopic (exact) mass is 389 g/mol. The van der Waals surface area contributed by atoms with E-state index in [2.05, 4.69) is 47.3 Å². The molecule has 4 N–H and O–H groups in total. The zero-order valence-electron chi connectivity index (χ0n) is 16.8. The molecule has 6 heteroatoms. The molecule has 1 aliphatic rings. The van der Waals surface area contributed by atoms with E-state index in [-0.39, 0.29) is 5.90 Å². The van der Waals surface area contributed by atoms with Crippen molar-refractivity contribution in [2.45, 2.75) is 26.2 Å². The molecule has 2 aromatic carbocycles. The minimum atomic E-state index is 0.227. The van der Waals surface area contributed by atoms with Gasteiger partial charge in [-0.15, -0.1) is 0 Å². The molecule has 0 unspecified atom stereocenters. The maximum Gasteiger partial charge on any atom is 0.245 e. The molecule has 0 spiro atoms. The number of hydrogen-bond acceptors (Lipinski definition) is 6. The van der Waals surface area contributed by atoms with Crippen molar-refractivity contribution < 1.29 is 4.84 Å². The number of fused-ring (bicyclic) bond motifs is 1. The summed E-state index contributed by atoms with van der Waals surface area (Å²) in [7, 11) is 0. The smallest absolute Gasteiger partial charge is 0.245 e. The van der Waals surface area contributed by atoms with Crippen molar-refractivity contribution >= 4 is 17.3 Å². The summed E-state index contributed by atoms with van der Waals surface area (Å²) in [4.78, 5) is 9.54. The van der Waals surface area contributed by atoms with Crippen molar-refractivity contribution in [3.05, 3.63) is 70.8 Å². The zero-order valence-corrected chi connectivity index (χ0v) is 16.8. The molecule has 150 valence electrons. The Labute approximate surface area is 172 Å². The highest BCUT2D eigenvalue weighted by Crippen LogP contribution is 2.23. The van der Waals surface area contributed by atoms with Crippen LogP contribution in [0.5, 0.6) is 0 Å². The second kappa shape index (κ2) is 9.87. The van der Waals surface area contributed by atoms with Crippen LogP contribution in [-0.2, 0) is 17.7 Å². The minimum absolute atomic E-state index is 0.227. The second-order valence-corrected chi connectivity index (χ2v) is 7.01. The highest BCUT2D eigenvalue weighted by atomic mass is 16.6. The van der Waals surface area contributed by atoms with Crippen LogP contribution < -0.4 is 16.5 Å². The van der Waals surface area contributed by atoms with Gasteiger partial charge in [0.25, 0.3) is 0 Å². The van der Waals surface area contributed by atoms with Gasteiger partial charge in [-0.3, -0.25) is 0 Å². The predicted octanol–water partition coefficient (Wildman–Crippen LogP) is 3.38. The van der Waals surface area contributed by atoms with Crippen molar-refractivity contribution in [3.63, 3.8) is 0 Å². The fraction of sp³-hybridized carbons (Fsp3) is 0.304. The Kier molecular flexibility index (Phi) is 7.01. The lowest BCUT2D eigenvalue weighted by molar-refractivity contribution is 0.322. The largest absolute Gasteiger partial charge is 0.391 e. The van der Waals surface area contributed by atoms with Crippen LogP contribution in [-0.4, -0.2) is 25.5 Å². The van der Waals surface area contributed by atoms with Gasteiger partial charge in [-0.25, -0.2) is 4.99 Å². The van der Waals surface area contributed by atoms with Gasteiger partial charge >= 0.3 is 0 Å². The van der Waals surface area contributed by atoms with Gasteiger partial charge in [0.15, 0.2) is 0 Å². The van der Waals surface area contributed by atoms with E-state index in [1.54, 1.807) is 6.07 Å². The summed E-state index contributed by atoms with van der Waals surface area (Å²) < 4.78 is 0. The van der Waals surface area contributed by atoms with Gasteiger partial charge in [0.05, 0.1) is 16.9 Å². The minimum Gasteiger partial charge on any atom is -0.391 e. The molecule has 0 amide bonds. The Bertz CT molecular complexity index is 958. The van der Waals surface area contributed by atoms with Gasteiger partial charge in [-0.05, 0) is 73.3 Å². The number of benzene rings is 2. The van der Waals surface area contributed by atoms with Crippen LogP contribution in [0.1, 0.15) is 41.2 Å². The highest BCUT2D eigenvalue weighted by molar-refractivity contribution is 5.98. The van der Waals surface area contributed by atoms with Crippen molar-refractivity contribution in [3.8, 4) is 6.07 Å². The Hall–Kier alpha value is -3.14. The quantitative estimate of drug-likeness (QED) is 0.400. The first-order valence-corrected chi connectivity index (χ1v) is 9.92. The number of nitrogens with two attached hydrogens (primary N) is 1. The third-order valence-electron chi connectivity index (χ3n) is 4.98. The standard InChI is InChI=1S/C23H27N5O/c1-3-10-27-22-7-6-20(14-21(22)15-24)23(29-25)28-16(2)18-5-4-17-8-11-26-12-9-19(17)13-18/h4-7,13-14,26-27H,2-3,8-12,25H2,1H3/b28-23-. The summed E-state index contributed by atoms with van der Waals surface area (Å²) in [5.41, 5.74) is 6.11. The fourth-order valence-corrected chi connectivity index (χ4v) is 3.38. The number of nitrogens with one attached hydrogen (secondary N) is 2. The average molecular weight is 390 g/mol. The number of hydrogen-bond donors (Lipinski definition) is 3. The molecule has 0 aliphatic carbocycles. The number of nitrogens with zero attached hydrogens (tertiary/aromatic N) is 2. The predicted molar refractivity (Wildman–Crippen MR) is 118 cm³/mol. The normalized spacial score (nSPS) is 13.8. The van der Waals surface area contributed by atoms with Gasteiger partial charge in [-0.2, -0.15) is 11.2 Å². The summed E-state index contributed by atoms with van der Waals surface area (Å²) in [6.07, 6.45) is 2.98. The molecule has 0 bridgehead atoms. The molecule has 1 heterocycles. The van der Waals surface area contributed by atoms with Crippen molar-refractivity contribution in [2.75, 3.05) is 25.0 Å². The summed E-state index contributed by atoms with van der Waals surface area (Å²) >= 11 is 0. The van der Waals surface area contributed by atoms with Crippen molar-refractivity contribution in [1.29, 1.82) is 5.26 Å². The summed E-state index contributed by atoms with van der Waals surface area (Å²) in [6.45, 7) is 8.94. The lowest BCUT2D eigenvalue weighted by Crippen LogP contribution is -2.16. The molecule has 0 aromatic heterocycles. The third-order valence-corrected chi connectivity index (χ3v) is 4.98. The Morgan fingerprint density at radius 3 is 2.69 bits per heavy atom. The molecule has 29 heavy (non-hydrogen) atoms. The second-order valence-electron chi connectivity index (χ2n) is 7.01. The van der Waals surface area contributed by atoms with Gasteiger partial charge < -0.3 is 15.5 Å². The van der Waals surface area contributed by atoms with E-state index in [4.69, 9.17) is 10.7 Å². The summed E-state index contributed by atoms with van der Waals surface area (Å²) in [5, 5.41) is 16.1. The van der Waals surface area contributed by atoms with E-state index < -0.39 is 0 Å². The van der Waals surface area contributed by atoms with Crippen LogP contribution in [0.25, 0.3) is 5.70 Å². The van der Waals surface area contributed by atoms with Crippen LogP contribution in [0.15, 0.2) is 48.0 Å².